The lowest BCUT2D eigenvalue weighted by Crippen LogP contribution is -2.29. The standard InChI is InChI=1S/C16H18Cl2N2O3/c1-10-13(16(21)20(2)8-5-9-22-3)15(19-23-10)14-11(17)6-4-7-12(14)18/h4,6-7H,5,8-9H2,1-3H3. The second kappa shape index (κ2) is 7.81. The average molecular weight is 357 g/mol. The number of rotatable bonds is 6. The van der Waals surface area contributed by atoms with Crippen LogP contribution >= 0.6 is 23.2 Å². The van der Waals surface area contributed by atoms with E-state index >= 15 is 0 Å². The van der Waals surface area contributed by atoms with E-state index in [9.17, 15) is 4.79 Å². The van der Waals surface area contributed by atoms with Crippen LogP contribution in [-0.4, -0.2) is 43.3 Å². The number of hydrogen-bond acceptors (Lipinski definition) is 4. The second-order valence-electron chi connectivity index (χ2n) is 5.13. The van der Waals surface area contributed by atoms with Crippen LogP contribution in [0.2, 0.25) is 10.0 Å². The summed E-state index contributed by atoms with van der Waals surface area (Å²) in [5, 5.41) is 4.83. The molecule has 5 nitrogen and oxygen atoms in total. The van der Waals surface area contributed by atoms with Gasteiger partial charge in [0.2, 0.25) is 0 Å². The van der Waals surface area contributed by atoms with Crippen LogP contribution in [0.5, 0.6) is 0 Å². The predicted octanol–water partition coefficient (Wildman–Crippen LogP) is 4.07. The molecule has 1 aromatic carbocycles. The van der Waals surface area contributed by atoms with Crippen molar-refractivity contribution in [3.63, 3.8) is 0 Å². The van der Waals surface area contributed by atoms with Crippen molar-refractivity contribution < 1.29 is 14.1 Å². The van der Waals surface area contributed by atoms with Crippen LogP contribution in [-0.2, 0) is 4.74 Å². The molecule has 7 heteroatoms. The Morgan fingerprint density at radius 1 is 1.35 bits per heavy atom. The van der Waals surface area contributed by atoms with E-state index in [4.69, 9.17) is 32.5 Å². The lowest BCUT2D eigenvalue weighted by Gasteiger charge is -2.17. The molecule has 0 aliphatic rings. The zero-order valence-electron chi connectivity index (χ0n) is 13.2. The van der Waals surface area contributed by atoms with E-state index in [1.54, 1.807) is 44.2 Å². The third-order valence-corrected chi connectivity index (χ3v) is 4.09. The minimum Gasteiger partial charge on any atom is -0.385 e. The Morgan fingerprint density at radius 3 is 2.61 bits per heavy atom. The van der Waals surface area contributed by atoms with Crippen LogP contribution in [0.1, 0.15) is 22.5 Å². The monoisotopic (exact) mass is 356 g/mol. The largest absolute Gasteiger partial charge is 0.385 e. The number of carbonyl (C=O) groups is 1. The van der Waals surface area contributed by atoms with Crippen LogP contribution in [0, 0.1) is 6.92 Å². The van der Waals surface area contributed by atoms with Gasteiger partial charge >= 0.3 is 0 Å². The molecule has 0 aliphatic heterocycles. The Hall–Kier alpha value is -1.56. The van der Waals surface area contributed by atoms with Gasteiger partial charge in [0.15, 0.2) is 0 Å². The lowest BCUT2D eigenvalue weighted by atomic mass is 10.0. The highest BCUT2D eigenvalue weighted by Gasteiger charge is 2.26. The second-order valence-corrected chi connectivity index (χ2v) is 5.95. The average Bonchev–Trinajstić information content (AvgIpc) is 2.88. The van der Waals surface area contributed by atoms with Crippen LogP contribution in [0.25, 0.3) is 11.3 Å². The molecule has 0 aliphatic carbocycles. The van der Waals surface area contributed by atoms with Gasteiger partial charge in [-0.25, -0.2) is 0 Å². The third-order valence-electron chi connectivity index (χ3n) is 3.46. The first-order valence-electron chi connectivity index (χ1n) is 7.12. The molecule has 0 fully saturated rings. The van der Waals surface area contributed by atoms with Gasteiger partial charge in [-0.3, -0.25) is 4.79 Å². The molecule has 0 atom stereocenters. The highest BCUT2D eigenvalue weighted by molar-refractivity contribution is 6.39. The molecule has 2 rings (SSSR count). The van der Waals surface area contributed by atoms with Crippen molar-refractivity contribution in [2.45, 2.75) is 13.3 Å². The number of carbonyl (C=O) groups excluding carboxylic acids is 1. The number of hydrogen-bond donors (Lipinski definition) is 0. The van der Waals surface area contributed by atoms with Crippen molar-refractivity contribution >= 4 is 29.1 Å². The molecule has 0 saturated heterocycles. The van der Waals surface area contributed by atoms with Crippen molar-refractivity contribution in [3.05, 3.63) is 39.6 Å². The van der Waals surface area contributed by atoms with Gasteiger partial charge in [-0.15, -0.1) is 0 Å². The third kappa shape index (κ3) is 3.86. The smallest absolute Gasteiger partial charge is 0.259 e. The maximum atomic E-state index is 12.7. The molecule has 0 saturated carbocycles. The minimum absolute atomic E-state index is 0.189. The summed E-state index contributed by atoms with van der Waals surface area (Å²) in [5.41, 5.74) is 1.24. The minimum atomic E-state index is -0.189. The van der Waals surface area contributed by atoms with Crippen molar-refractivity contribution in [1.29, 1.82) is 0 Å². The van der Waals surface area contributed by atoms with Gasteiger partial charge in [-0.05, 0) is 25.5 Å². The highest BCUT2D eigenvalue weighted by atomic mass is 35.5. The summed E-state index contributed by atoms with van der Waals surface area (Å²) < 4.78 is 10.2. The van der Waals surface area contributed by atoms with E-state index in [1.807, 2.05) is 0 Å². The van der Waals surface area contributed by atoms with Crippen LogP contribution < -0.4 is 0 Å². The summed E-state index contributed by atoms with van der Waals surface area (Å²) >= 11 is 12.4. The zero-order valence-corrected chi connectivity index (χ0v) is 14.7. The molecule has 0 bridgehead atoms. The normalized spacial score (nSPS) is 10.8. The van der Waals surface area contributed by atoms with Crippen molar-refractivity contribution in [2.24, 2.45) is 0 Å². The molecular weight excluding hydrogens is 339 g/mol. The van der Waals surface area contributed by atoms with Gasteiger partial charge in [-0.2, -0.15) is 0 Å². The fraction of sp³-hybridized carbons (Fsp3) is 0.375. The first-order valence-corrected chi connectivity index (χ1v) is 7.88. The molecule has 1 heterocycles. The van der Waals surface area contributed by atoms with Crippen molar-refractivity contribution in [2.75, 3.05) is 27.3 Å². The summed E-state index contributed by atoms with van der Waals surface area (Å²) in [4.78, 5) is 14.3. The first-order chi connectivity index (χ1) is 11.0. The molecule has 1 amide bonds. The Morgan fingerprint density at radius 2 is 2.00 bits per heavy atom. The number of benzene rings is 1. The van der Waals surface area contributed by atoms with E-state index in [1.165, 1.54) is 0 Å². The molecule has 0 unspecified atom stereocenters. The van der Waals surface area contributed by atoms with Crippen LogP contribution in [0.4, 0.5) is 0 Å². The number of halogens is 2. The summed E-state index contributed by atoms with van der Waals surface area (Å²) in [6.07, 6.45) is 0.741. The number of amides is 1. The SMILES string of the molecule is COCCCN(C)C(=O)c1c(-c2c(Cl)cccc2Cl)noc1C. The topological polar surface area (TPSA) is 55.6 Å². The molecule has 0 spiro atoms. The number of aromatic nitrogens is 1. The van der Waals surface area contributed by atoms with E-state index in [0.29, 0.717) is 45.8 Å². The fourth-order valence-corrected chi connectivity index (χ4v) is 2.83. The lowest BCUT2D eigenvalue weighted by molar-refractivity contribution is 0.0778. The van der Waals surface area contributed by atoms with E-state index in [-0.39, 0.29) is 5.91 Å². The predicted molar refractivity (Wildman–Crippen MR) is 90.1 cm³/mol. The summed E-state index contributed by atoms with van der Waals surface area (Å²) in [6.45, 7) is 2.84. The van der Waals surface area contributed by atoms with Gasteiger partial charge in [0.25, 0.3) is 5.91 Å². The molecule has 0 radical (unpaired) electrons. The molecule has 23 heavy (non-hydrogen) atoms. The van der Waals surface area contributed by atoms with Crippen LogP contribution in [0.15, 0.2) is 22.7 Å². The van der Waals surface area contributed by atoms with Gasteiger partial charge in [0, 0.05) is 32.9 Å². The van der Waals surface area contributed by atoms with E-state index in [2.05, 4.69) is 5.16 Å². The van der Waals surface area contributed by atoms with Gasteiger partial charge in [-0.1, -0.05) is 34.4 Å². The maximum absolute atomic E-state index is 12.7. The molecule has 0 N–H and O–H groups in total. The van der Waals surface area contributed by atoms with Crippen molar-refractivity contribution in [3.8, 4) is 11.3 Å². The fourth-order valence-electron chi connectivity index (χ4n) is 2.26. The number of aryl methyl sites for hydroxylation is 1. The van der Waals surface area contributed by atoms with Crippen molar-refractivity contribution in [1.82, 2.24) is 10.1 Å². The van der Waals surface area contributed by atoms with Gasteiger partial charge in [0.05, 0.1) is 10.0 Å². The summed E-state index contributed by atoms with van der Waals surface area (Å²) in [5.74, 6) is 0.241. The van der Waals surface area contributed by atoms with Crippen LogP contribution in [0.3, 0.4) is 0 Å². The molecular formula is C16H18Cl2N2O3. The molecule has 124 valence electrons. The Balaban J connectivity index is 2.37. The number of nitrogens with zero attached hydrogens (tertiary/aromatic N) is 2. The van der Waals surface area contributed by atoms with E-state index < -0.39 is 0 Å². The van der Waals surface area contributed by atoms with E-state index in [0.717, 1.165) is 6.42 Å². The highest BCUT2D eigenvalue weighted by Crippen LogP contribution is 2.37. The molecule has 1 aromatic heterocycles. The zero-order chi connectivity index (χ0) is 17.0. The maximum Gasteiger partial charge on any atom is 0.259 e. The summed E-state index contributed by atoms with van der Waals surface area (Å²) in [7, 11) is 3.35. The number of methoxy groups -OCH3 is 1. The first kappa shape index (κ1) is 17.8. The number of ether oxygens (including phenoxy) is 1. The Bertz CT molecular complexity index is 680. The quantitative estimate of drug-likeness (QED) is 0.732. The van der Waals surface area contributed by atoms with Gasteiger partial charge in [0.1, 0.15) is 17.0 Å². The molecule has 2 aromatic rings. The van der Waals surface area contributed by atoms with Gasteiger partial charge < -0.3 is 14.2 Å². The Kier molecular flexibility index (Phi) is 6.04. The Labute approximate surface area is 145 Å². The summed E-state index contributed by atoms with van der Waals surface area (Å²) in [6, 6.07) is 5.13.